The van der Waals surface area contributed by atoms with Crippen LogP contribution < -0.4 is 20.7 Å². The van der Waals surface area contributed by atoms with Gasteiger partial charge in [-0.1, -0.05) is 9.97 Å². The summed E-state index contributed by atoms with van der Waals surface area (Å²) in [7, 11) is 0. The molecule has 1 saturated carbocycles. The number of benzene rings is 1. The highest BCUT2D eigenvalue weighted by Gasteiger charge is 2.24. The van der Waals surface area contributed by atoms with Gasteiger partial charge < -0.3 is 20.3 Å². The average molecular weight is 558 g/mol. The van der Waals surface area contributed by atoms with Crippen molar-refractivity contribution in [2.75, 3.05) is 39.4 Å². The van der Waals surface area contributed by atoms with Crippen LogP contribution in [0.4, 0.5) is 0 Å². The van der Waals surface area contributed by atoms with Crippen molar-refractivity contribution < 1.29 is 24.3 Å². The second-order valence-corrected chi connectivity index (χ2v) is 10.2. The van der Waals surface area contributed by atoms with Gasteiger partial charge in [0.25, 0.3) is 5.91 Å². The van der Waals surface area contributed by atoms with Gasteiger partial charge in [-0.15, -0.1) is 0 Å². The predicted octanol–water partition coefficient (Wildman–Crippen LogP) is -0.706. The summed E-state index contributed by atoms with van der Waals surface area (Å²) in [4.78, 5) is 35.0. The molecular weight excluding hydrogens is 528 g/mol. The fourth-order valence-electron chi connectivity index (χ4n) is 4.88. The van der Waals surface area contributed by atoms with E-state index in [9.17, 15) is 15.0 Å². The van der Waals surface area contributed by atoms with E-state index in [4.69, 9.17) is 19.7 Å². The number of fused-ring (bicyclic) bond motifs is 2. The maximum Gasteiger partial charge on any atom is 0.395 e. The Bertz CT molecular complexity index is 1880. The van der Waals surface area contributed by atoms with E-state index >= 15 is 0 Å². The third-order valence-corrected chi connectivity index (χ3v) is 7.23. The van der Waals surface area contributed by atoms with Gasteiger partial charge in [0, 0.05) is 43.4 Å². The molecule has 210 valence electrons. The summed E-state index contributed by atoms with van der Waals surface area (Å²) in [5.74, 6) is -0.0689. The maximum atomic E-state index is 12.8. The molecule has 7 rings (SSSR count). The van der Waals surface area contributed by atoms with Crippen LogP contribution in [0.5, 0.6) is 11.8 Å². The van der Waals surface area contributed by atoms with Crippen molar-refractivity contribution in [1.29, 1.82) is 0 Å². The van der Waals surface area contributed by atoms with E-state index in [2.05, 4.69) is 25.3 Å². The molecule has 0 bridgehead atoms. The van der Waals surface area contributed by atoms with Crippen molar-refractivity contribution in [3.05, 3.63) is 58.8 Å². The summed E-state index contributed by atoms with van der Waals surface area (Å²) in [5.41, 5.74) is 3.40. The van der Waals surface area contributed by atoms with Gasteiger partial charge in [0.2, 0.25) is 5.65 Å². The lowest BCUT2D eigenvalue weighted by molar-refractivity contribution is -0.575. The van der Waals surface area contributed by atoms with Crippen LogP contribution in [0.2, 0.25) is 0 Å². The summed E-state index contributed by atoms with van der Waals surface area (Å²) in [6.07, 6.45) is 7.03. The fourth-order valence-corrected chi connectivity index (χ4v) is 4.88. The number of rotatable bonds is 7. The first-order chi connectivity index (χ1) is 20.0. The number of aromatic hydroxyl groups is 2. The minimum atomic E-state index is -0.161. The number of carbonyl (C=O) groups is 1. The summed E-state index contributed by atoms with van der Waals surface area (Å²) >= 11 is 0. The first kappa shape index (κ1) is 25.2. The molecule has 1 amide bonds. The van der Waals surface area contributed by atoms with E-state index in [1.54, 1.807) is 33.7 Å². The van der Waals surface area contributed by atoms with E-state index in [1.807, 2.05) is 12.1 Å². The highest BCUT2D eigenvalue weighted by atomic mass is 16.5. The number of hydrogen-bond donors (Lipinski definition) is 5. The van der Waals surface area contributed by atoms with Crippen LogP contribution in [0.1, 0.15) is 28.8 Å². The standard InChI is InChI=1S/C27H28N10O4/c38-22-13-17(25(40)32-22)11-18-14-30-37-23(18)33-26(34-27(37)31-19-2-3-19)36-15-29-20-12-16(1-4-21(20)36)24(39)28-5-6-35-7-9-41-10-8-35/h1,4,11-15,19H,2-3,5-10H2,(H4,28,30,31,32,33,34,38,39,40)/p+1. The van der Waals surface area contributed by atoms with E-state index in [0.717, 1.165) is 56.7 Å². The number of carbonyl (C=O) groups excluding carboxylic acids is 1. The SMILES string of the molecule is O=C(NCCN1CCOCC1)c1ccc2c(c1)[nH]c[n+]2-c1nc(=NC2CC2)n2ncc(=Cc3cc(O)[nH]c3O)c2n1. The van der Waals surface area contributed by atoms with Crippen molar-refractivity contribution in [3.8, 4) is 17.7 Å². The number of imidazole rings is 1. The van der Waals surface area contributed by atoms with Crippen molar-refractivity contribution in [2.45, 2.75) is 18.9 Å². The van der Waals surface area contributed by atoms with E-state index in [-0.39, 0.29) is 23.7 Å². The molecule has 41 heavy (non-hydrogen) atoms. The molecule has 14 nitrogen and oxygen atoms in total. The average Bonchev–Trinajstić information content (AvgIpc) is 3.39. The van der Waals surface area contributed by atoms with Crippen molar-refractivity contribution >= 4 is 28.7 Å². The van der Waals surface area contributed by atoms with Gasteiger partial charge in [-0.2, -0.15) is 14.2 Å². The third-order valence-electron chi connectivity index (χ3n) is 7.23. The molecule has 1 aliphatic carbocycles. The lowest BCUT2D eigenvalue weighted by Gasteiger charge is -2.26. The summed E-state index contributed by atoms with van der Waals surface area (Å²) in [6, 6.07) is 7.06. The zero-order valence-corrected chi connectivity index (χ0v) is 22.1. The minimum absolute atomic E-state index is 0.136. The first-order valence-electron chi connectivity index (χ1n) is 13.6. The number of hydrogen-bond acceptors (Lipinski definition) is 9. The van der Waals surface area contributed by atoms with Gasteiger partial charge in [0.15, 0.2) is 18.1 Å². The zero-order valence-electron chi connectivity index (χ0n) is 22.1. The summed E-state index contributed by atoms with van der Waals surface area (Å²) in [6.45, 7) is 4.56. The number of amides is 1. The van der Waals surface area contributed by atoms with Crippen LogP contribution in [0.3, 0.4) is 0 Å². The Labute approximate surface area is 232 Å². The number of aromatic amines is 2. The van der Waals surface area contributed by atoms with Gasteiger partial charge in [-0.25, -0.2) is 4.99 Å². The minimum Gasteiger partial charge on any atom is -0.494 e. The number of nitrogens with one attached hydrogen (secondary N) is 3. The predicted molar refractivity (Wildman–Crippen MR) is 145 cm³/mol. The van der Waals surface area contributed by atoms with Crippen LogP contribution in [-0.2, 0) is 4.74 Å². The molecule has 4 aromatic heterocycles. The Morgan fingerprint density at radius 3 is 2.85 bits per heavy atom. The van der Waals surface area contributed by atoms with E-state index in [1.165, 1.54) is 6.07 Å². The Morgan fingerprint density at radius 1 is 1.22 bits per heavy atom. The van der Waals surface area contributed by atoms with Crippen LogP contribution in [0.15, 0.2) is 41.8 Å². The highest BCUT2D eigenvalue weighted by molar-refractivity contribution is 5.96. The first-order valence-corrected chi connectivity index (χ1v) is 13.6. The topological polar surface area (TPSA) is 173 Å². The molecule has 0 radical (unpaired) electrons. The molecular formula is C27H29N10O4+. The summed E-state index contributed by atoms with van der Waals surface area (Å²) < 4.78 is 8.75. The second kappa shape index (κ2) is 10.3. The molecule has 0 atom stereocenters. The third kappa shape index (κ3) is 5.10. The molecule has 1 aliphatic heterocycles. The Hall–Kier alpha value is -4.82. The zero-order chi connectivity index (χ0) is 27.9. The smallest absolute Gasteiger partial charge is 0.395 e. The molecule has 5 N–H and O–H groups in total. The van der Waals surface area contributed by atoms with Crippen molar-refractivity contribution in [1.82, 2.24) is 39.8 Å². The Morgan fingerprint density at radius 2 is 2.07 bits per heavy atom. The quantitative estimate of drug-likeness (QED) is 0.163. The Balaban J connectivity index is 1.22. The molecule has 2 fully saturated rings. The Kier molecular flexibility index (Phi) is 6.32. The molecule has 14 heteroatoms. The van der Waals surface area contributed by atoms with E-state index < -0.39 is 0 Å². The number of morpholine rings is 1. The molecule has 5 heterocycles. The van der Waals surface area contributed by atoms with Gasteiger partial charge in [-0.05, 0) is 37.1 Å². The van der Waals surface area contributed by atoms with Crippen molar-refractivity contribution in [3.63, 3.8) is 0 Å². The maximum absolute atomic E-state index is 12.8. The second-order valence-electron chi connectivity index (χ2n) is 10.2. The number of nitrogens with zero attached hydrogens (tertiary/aromatic N) is 7. The largest absolute Gasteiger partial charge is 0.494 e. The lowest BCUT2D eigenvalue weighted by Crippen LogP contribution is -2.41. The highest BCUT2D eigenvalue weighted by Crippen LogP contribution is 2.23. The van der Waals surface area contributed by atoms with Crippen LogP contribution in [0.25, 0.3) is 28.7 Å². The van der Waals surface area contributed by atoms with Gasteiger partial charge in [0.05, 0.1) is 30.7 Å². The van der Waals surface area contributed by atoms with Gasteiger partial charge in [-0.3, -0.25) is 19.7 Å². The molecule has 5 aromatic rings. The van der Waals surface area contributed by atoms with Crippen LogP contribution in [-0.4, -0.2) is 96.0 Å². The molecule has 0 spiro atoms. The van der Waals surface area contributed by atoms with Crippen molar-refractivity contribution in [2.24, 2.45) is 4.99 Å². The van der Waals surface area contributed by atoms with Crippen LogP contribution >= 0.6 is 0 Å². The number of aromatic nitrogens is 7. The van der Waals surface area contributed by atoms with E-state index in [0.29, 0.717) is 40.1 Å². The summed E-state index contributed by atoms with van der Waals surface area (Å²) in [5, 5.41) is 27.9. The number of H-pyrrole nitrogens is 2. The molecule has 2 aliphatic rings. The molecule has 1 aromatic carbocycles. The van der Waals surface area contributed by atoms with Gasteiger partial charge >= 0.3 is 11.6 Å². The number of ether oxygens (including phenoxy) is 1. The fraction of sp³-hybridized carbons (Fsp3) is 0.333. The monoisotopic (exact) mass is 557 g/mol. The van der Waals surface area contributed by atoms with Crippen LogP contribution in [0, 0.1) is 0 Å². The molecule has 1 saturated heterocycles. The molecule has 0 unspecified atom stereocenters. The van der Waals surface area contributed by atoms with Gasteiger partial charge in [0.1, 0.15) is 11.0 Å². The normalized spacial score (nSPS) is 17.2. The lowest BCUT2D eigenvalue weighted by atomic mass is 10.2.